The van der Waals surface area contributed by atoms with Crippen molar-refractivity contribution in [1.29, 1.82) is 0 Å². The van der Waals surface area contributed by atoms with E-state index in [-0.39, 0.29) is 5.02 Å². The molecule has 0 radical (unpaired) electrons. The lowest BCUT2D eigenvalue weighted by Gasteiger charge is -2.03. The van der Waals surface area contributed by atoms with E-state index >= 15 is 0 Å². The van der Waals surface area contributed by atoms with Crippen LogP contribution in [0.4, 0.5) is 4.39 Å². The van der Waals surface area contributed by atoms with Gasteiger partial charge in [0.25, 0.3) is 0 Å². The quantitative estimate of drug-likeness (QED) is 0.790. The van der Waals surface area contributed by atoms with Gasteiger partial charge in [-0.05, 0) is 18.9 Å². The molecule has 0 aliphatic heterocycles. The van der Waals surface area contributed by atoms with Crippen molar-refractivity contribution in [3.05, 3.63) is 46.5 Å². The molecule has 0 amide bonds. The monoisotopic (exact) mass is 287 g/mol. The van der Waals surface area contributed by atoms with Crippen LogP contribution < -0.4 is 0 Å². The standard InChI is InChI=1S/C12H12Cl2FN3/c13-6-2-4-10-8-18(17-16-10)7-9-3-1-5-11(14)12(9)15/h1,3,5,8H,2,4,6-7H2. The number of hydrogen-bond acceptors (Lipinski definition) is 2. The minimum Gasteiger partial charge on any atom is -0.248 e. The van der Waals surface area contributed by atoms with Crippen molar-refractivity contribution in [3.8, 4) is 0 Å². The first-order valence-corrected chi connectivity index (χ1v) is 6.50. The minimum absolute atomic E-state index is 0.120. The van der Waals surface area contributed by atoms with Crippen molar-refractivity contribution < 1.29 is 4.39 Å². The van der Waals surface area contributed by atoms with Crippen LogP contribution >= 0.6 is 23.2 Å². The Morgan fingerprint density at radius 2 is 2.17 bits per heavy atom. The van der Waals surface area contributed by atoms with Crippen molar-refractivity contribution in [1.82, 2.24) is 15.0 Å². The molecule has 0 saturated carbocycles. The van der Waals surface area contributed by atoms with Gasteiger partial charge in [-0.15, -0.1) is 16.7 Å². The molecule has 0 unspecified atom stereocenters. The molecule has 3 nitrogen and oxygen atoms in total. The lowest BCUT2D eigenvalue weighted by molar-refractivity contribution is 0.577. The van der Waals surface area contributed by atoms with Gasteiger partial charge in [0.15, 0.2) is 0 Å². The molecule has 0 aliphatic rings. The average molecular weight is 288 g/mol. The van der Waals surface area contributed by atoms with Gasteiger partial charge in [0, 0.05) is 17.6 Å². The molecular formula is C12H12Cl2FN3. The summed E-state index contributed by atoms with van der Waals surface area (Å²) in [6.07, 6.45) is 3.43. The summed E-state index contributed by atoms with van der Waals surface area (Å²) in [4.78, 5) is 0. The SMILES string of the molecule is Fc1c(Cl)cccc1Cn1cc(CCCCl)nn1. The Bertz CT molecular complexity index is 528. The van der Waals surface area contributed by atoms with Gasteiger partial charge in [-0.25, -0.2) is 9.07 Å². The van der Waals surface area contributed by atoms with Crippen LogP contribution in [-0.2, 0) is 13.0 Å². The molecule has 2 rings (SSSR count). The molecule has 2 aromatic rings. The van der Waals surface area contributed by atoms with Gasteiger partial charge in [0.2, 0.25) is 0 Å². The molecule has 1 aromatic carbocycles. The summed E-state index contributed by atoms with van der Waals surface area (Å²) in [7, 11) is 0. The topological polar surface area (TPSA) is 30.7 Å². The summed E-state index contributed by atoms with van der Waals surface area (Å²) >= 11 is 11.3. The predicted molar refractivity (Wildman–Crippen MR) is 69.6 cm³/mol. The molecule has 1 heterocycles. The lowest BCUT2D eigenvalue weighted by atomic mass is 10.2. The second-order valence-corrected chi connectivity index (χ2v) is 4.70. The highest BCUT2D eigenvalue weighted by molar-refractivity contribution is 6.30. The minimum atomic E-state index is -0.406. The second kappa shape index (κ2) is 6.16. The van der Waals surface area contributed by atoms with Gasteiger partial charge in [0.05, 0.1) is 17.3 Å². The fraction of sp³-hybridized carbons (Fsp3) is 0.333. The molecule has 0 fully saturated rings. The molecule has 96 valence electrons. The van der Waals surface area contributed by atoms with E-state index in [2.05, 4.69) is 10.3 Å². The maximum Gasteiger partial charge on any atom is 0.146 e. The van der Waals surface area contributed by atoms with Crippen LogP contribution in [0.15, 0.2) is 24.4 Å². The summed E-state index contributed by atoms with van der Waals surface area (Å²) in [5, 5.41) is 8.07. The fourth-order valence-corrected chi connectivity index (χ4v) is 1.95. The molecule has 0 saturated heterocycles. The number of alkyl halides is 1. The van der Waals surface area contributed by atoms with Crippen LogP contribution in [0.2, 0.25) is 5.02 Å². The first kappa shape index (κ1) is 13.3. The Labute approximate surface area is 115 Å². The maximum absolute atomic E-state index is 13.7. The Balaban J connectivity index is 2.09. The van der Waals surface area contributed by atoms with E-state index in [1.807, 2.05) is 0 Å². The van der Waals surface area contributed by atoms with E-state index in [4.69, 9.17) is 23.2 Å². The molecule has 0 N–H and O–H groups in total. The van der Waals surface area contributed by atoms with Crippen LogP contribution in [0.5, 0.6) is 0 Å². The molecular weight excluding hydrogens is 276 g/mol. The van der Waals surface area contributed by atoms with E-state index in [0.29, 0.717) is 18.0 Å². The third-order valence-electron chi connectivity index (χ3n) is 2.52. The highest BCUT2D eigenvalue weighted by Crippen LogP contribution is 2.18. The number of aryl methyl sites for hydroxylation is 1. The Kier molecular flexibility index (Phi) is 4.55. The van der Waals surface area contributed by atoms with E-state index in [1.54, 1.807) is 23.0 Å². The first-order chi connectivity index (χ1) is 8.70. The summed E-state index contributed by atoms with van der Waals surface area (Å²) in [5.41, 5.74) is 1.36. The number of halogens is 3. The predicted octanol–water partition coefficient (Wildman–Crippen LogP) is 3.29. The summed E-state index contributed by atoms with van der Waals surface area (Å²) in [6.45, 7) is 0.320. The Hall–Kier alpha value is -1.13. The van der Waals surface area contributed by atoms with Crippen molar-refractivity contribution in [2.75, 3.05) is 5.88 Å². The molecule has 0 bridgehead atoms. The zero-order chi connectivity index (χ0) is 13.0. The van der Waals surface area contributed by atoms with Gasteiger partial charge in [0.1, 0.15) is 5.82 Å². The maximum atomic E-state index is 13.7. The second-order valence-electron chi connectivity index (χ2n) is 3.91. The van der Waals surface area contributed by atoms with Gasteiger partial charge < -0.3 is 0 Å². The summed E-state index contributed by atoms with van der Waals surface area (Å²) < 4.78 is 15.3. The Morgan fingerprint density at radius 1 is 1.33 bits per heavy atom. The number of nitrogens with zero attached hydrogens (tertiary/aromatic N) is 3. The largest absolute Gasteiger partial charge is 0.248 e. The van der Waals surface area contributed by atoms with Crippen LogP contribution in [0, 0.1) is 5.82 Å². The molecule has 0 spiro atoms. The van der Waals surface area contributed by atoms with Gasteiger partial charge in [-0.1, -0.05) is 28.9 Å². The zero-order valence-electron chi connectivity index (χ0n) is 9.61. The van der Waals surface area contributed by atoms with Crippen LogP contribution in [-0.4, -0.2) is 20.9 Å². The highest BCUT2D eigenvalue weighted by atomic mass is 35.5. The lowest BCUT2D eigenvalue weighted by Crippen LogP contribution is -2.03. The van der Waals surface area contributed by atoms with Crippen LogP contribution in [0.1, 0.15) is 17.7 Å². The van der Waals surface area contributed by atoms with E-state index < -0.39 is 5.82 Å². The average Bonchev–Trinajstić information content (AvgIpc) is 2.80. The van der Waals surface area contributed by atoms with Gasteiger partial charge >= 0.3 is 0 Å². The highest BCUT2D eigenvalue weighted by Gasteiger charge is 2.08. The number of hydrogen-bond donors (Lipinski definition) is 0. The van der Waals surface area contributed by atoms with E-state index in [9.17, 15) is 4.39 Å². The first-order valence-electron chi connectivity index (χ1n) is 5.58. The zero-order valence-corrected chi connectivity index (χ0v) is 11.1. The van der Waals surface area contributed by atoms with Crippen molar-refractivity contribution in [2.45, 2.75) is 19.4 Å². The molecule has 1 aromatic heterocycles. The molecule has 18 heavy (non-hydrogen) atoms. The number of aromatic nitrogens is 3. The van der Waals surface area contributed by atoms with Gasteiger partial charge in [-0.3, -0.25) is 0 Å². The van der Waals surface area contributed by atoms with Crippen LogP contribution in [0.3, 0.4) is 0 Å². The number of benzene rings is 1. The van der Waals surface area contributed by atoms with Crippen molar-refractivity contribution >= 4 is 23.2 Å². The van der Waals surface area contributed by atoms with E-state index in [0.717, 1.165) is 18.5 Å². The third kappa shape index (κ3) is 3.21. The Morgan fingerprint density at radius 3 is 2.94 bits per heavy atom. The fourth-order valence-electron chi connectivity index (χ4n) is 1.62. The molecule has 0 aliphatic carbocycles. The normalized spacial score (nSPS) is 10.8. The summed E-state index contributed by atoms with van der Waals surface area (Å²) in [6, 6.07) is 4.92. The third-order valence-corrected chi connectivity index (χ3v) is 3.08. The molecule has 6 heteroatoms. The number of rotatable bonds is 5. The van der Waals surface area contributed by atoms with Crippen LogP contribution in [0.25, 0.3) is 0 Å². The summed E-state index contributed by atoms with van der Waals surface area (Å²) in [5.74, 6) is 0.187. The van der Waals surface area contributed by atoms with Crippen molar-refractivity contribution in [2.24, 2.45) is 0 Å². The smallest absolute Gasteiger partial charge is 0.146 e. The van der Waals surface area contributed by atoms with Crippen molar-refractivity contribution in [3.63, 3.8) is 0 Å². The van der Waals surface area contributed by atoms with Gasteiger partial charge in [-0.2, -0.15) is 0 Å². The molecule has 0 atom stereocenters. The van der Waals surface area contributed by atoms with E-state index in [1.165, 1.54) is 6.07 Å².